The van der Waals surface area contributed by atoms with Gasteiger partial charge >= 0.3 is 12.1 Å². The highest BCUT2D eigenvalue weighted by Gasteiger charge is 2.48. The van der Waals surface area contributed by atoms with Gasteiger partial charge in [0, 0.05) is 18.3 Å². The topological polar surface area (TPSA) is 71.3 Å². The molecule has 1 aromatic carbocycles. The number of carboxylic acid groups (broad SMARTS) is 1. The lowest BCUT2D eigenvalue weighted by molar-refractivity contribution is -0.157. The number of hydrogen-bond acceptors (Lipinski definition) is 2. The van der Waals surface area contributed by atoms with Crippen molar-refractivity contribution in [1.82, 2.24) is 4.57 Å². The molecular formula is C15H10F4N2O3. The zero-order valence-electron chi connectivity index (χ0n) is 11.9. The summed E-state index contributed by atoms with van der Waals surface area (Å²) in [6.07, 6.45) is -4.59. The number of carboxylic acids is 1. The predicted octanol–water partition coefficient (Wildman–Crippen LogP) is 3.30. The van der Waals surface area contributed by atoms with Crippen molar-refractivity contribution in [3.8, 4) is 5.69 Å². The normalized spacial score (nSPS) is 17.3. The first-order valence-electron chi connectivity index (χ1n) is 6.79. The predicted molar refractivity (Wildman–Crippen MR) is 74.7 cm³/mol. The lowest BCUT2D eigenvalue weighted by Gasteiger charge is -2.27. The van der Waals surface area contributed by atoms with Crippen LogP contribution in [0.2, 0.25) is 0 Å². The monoisotopic (exact) mass is 342 g/mol. The van der Waals surface area contributed by atoms with E-state index in [1.165, 1.54) is 12.1 Å². The summed E-state index contributed by atoms with van der Waals surface area (Å²) in [5.74, 6) is -5.13. The maximum Gasteiger partial charge on any atom is 0.397 e. The van der Waals surface area contributed by atoms with Gasteiger partial charge < -0.3 is 15.0 Å². The minimum absolute atomic E-state index is 0.158. The van der Waals surface area contributed by atoms with Crippen LogP contribution in [0.3, 0.4) is 0 Å². The first-order valence-corrected chi connectivity index (χ1v) is 6.79. The van der Waals surface area contributed by atoms with Gasteiger partial charge in [0.15, 0.2) is 0 Å². The molecule has 1 atom stereocenters. The Morgan fingerprint density at radius 3 is 2.42 bits per heavy atom. The number of aromatic carboxylic acids is 1. The van der Waals surface area contributed by atoms with Crippen molar-refractivity contribution in [3.63, 3.8) is 0 Å². The molecule has 0 radical (unpaired) electrons. The second kappa shape index (κ2) is 5.36. The molecule has 1 aromatic heterocycles. The number of aromatic nitrogens is 1. The summed E-state index contributed by atoms with van der Waals surface area (Å²) in [4.78, 5) is 22.9. The fraction of sp³-hybridized carbons (Fsp3) is 0.200. The average Bonchev–Trinajstić information content (AvgIpc) is 2.85. The van der Waals surface area contributed by atoms with Crippen molar-refractivity contribution in [1.29, 1.82) is 0 Å². The Morgan fingerprint density at radius 1 is 1.25 bits per heavy atom. The molecule has 2 aromatic rings. The summed E-state index contributed by atoms with van der Waals surface area (Å²) in [6, 6.07) is 4.55. The lowest BCUT2D eigenvalue weighted by atomic mass is 9.94. The molecule has 126 valence electrons. The highest BCUT2D eigenvalue weighted by atomic mass is 19.4. The van der Waals surface area contributed by atoms with Gasteiger partial charge in [0.05, 0.1) is 11.4 Å². The first kappa shape index (κ1) is 16.0. The molecule has 1 aliphatic rings. The van der Waals surface area contributed by atoms with E-state index in [-0.39, 0.29) is 17.1 Å². The van der Waals surface area contributed by atoms with E-state index in [9.17, 15) is 32.3 Å². The Bertz CT molecular complexity index is 824. The van der Waals surface area contributed by atoms with Crippen LogP contribution >= 0.6 is 0 Å². The fourth-order valence-corrected chi connectivity index (χ4v) is 2.72. The third-order valence-corrected chi connectivity index (χ3v) is 3.76. The van der Waals surface area contributed by atoms with Gasteiger partial charge in [-0.1, -0.05) is 0 Å². The van der Waals surface area contributed by atoms with Crippen molar-refractivity contribution in [3.05, 3.63) is 47.5 Å². The maximum atomic E-state index is 13.4. The number of fused-ring (bicyclic) bond motifs is 1. The van der Waals surface area contributed by atoms with Gasteiger partial charge in [-0.25, -0.2) is 9.18 Å². The van der Waals surface area contributed by atoms with Crippen molar-refractivity contribution >= 4 is 17.6 Å². The Morgan fingerprint density at radius 2 is 1.88 bits per heavy atom. The van der Waals surface area contributed by atoms with Crippen LogP contribution in [0.1, 0.15) is 28.4 Å². The molecule has 0 saturated carbocycles. The SMILES string of the molecule is O=C1CC(C(F)(F)F)c2c(c(C(=O)O)cn2-c2ccc(F)cc2)N1. The molecule has 1 amide bonds. The van der Waals surface area contributed by atoms with E-state index in [0.29, 0.717) is 0 Å². The minimum atomic E-state index is -4.74. The highest BCUT2D eigenvalue weighted by molar-refractivity contribution is 6.03. The number of nitrogens with zero attached hydrogens (tertiary/aromatic N) is 1. The third-order valence-electron chi connectivity index (χ3n) is 3.76. The Balaban J connectivity index is 2.28. The van der Waals surface area contributed by atoms with Crippen LogP contribution in [0.5, 0.6) is 0 Å². The molecule has 0 aliphatic carbocycles. The molecule has 0 spiro atoms. The summed E-state index contributed by atoms with van der Waals surface area (Å²) in [5, 5.41) is 11.4. The summed E-state index contributed by atoms with van der Waals surface area (Å²) in [6.45, 7) is 0. The third kappa shape index (κ3) is 2.61. The van der Waals surface area contributed by atoms with E-state index in [4.69, 9.17) is 0 Å². The number of rotatable bonds is 2. The van der Waals surface area contributed by atoms with Crippen molar-refractivity contribution < 1.29 is 32.3 Å². The molecule has 0 fully saturated rings. The van der Waals surface area contributed by atoms with E-state index in [1.807, 2.05) is 0 Å². The van der Waals surface area contributed by atoms with Crippen LogP contribution in [-0.4, -0.2) is 27.7 Å². The summed E-state index contributed by atoms with van der Waals surface area (Å²) < 4.78 is 54.2. The number of halogens is 4. The lowest BCUT2D eigenvalue weighted by Crippen LogP contribution is -2.33. The second-order valence-electron chi connectivity index (χ2n) is 5.30. The van der Waals surface area contributed by atoms with Gasteiger partial charge in [0.25, 0.3) is 0 Å². The standard InChI is InChI=1S/C15H10F4N2O3/c16-7-1-3-8(4-2-7)21-6-9(14(23)24)12-13(21)10(15(17,18)19)5-11(22)20-12/h1-4,6,10H,5H2,(H,20,22)(H,23,24). The molecule has 5 nitrogen and oxygen atoms in total. The van der Waals surface area contributed by atoms with Crippen LogP contribution in [0.15, 0.2) is 30.5 Å². The Hall–Kier alpha value is -2.84. The number of anilines is 1. The molecule has 1 aliphatic heterocycles. The number of hydrogen-bond donors (Lipinski definition) is 2. The van der Waals surface area contributed by atoms with Gasteiger partial charge in [-0.2, -0.15) is 13.2 Å². The van der Waals surface area contributed by atoms with Gasteiger partial charge in [0.2, 0.25) is 5.91 Å². The molecule has 0 saturated heterocycles. The summed E-state index contributed by atoms with van der Waals surface area (Å²) >= 11 is 0. The average molecular weight is 342 g/mol. The number of carbonyl (C=O) groups excluding carboxylic acids is 1. The van der Waals surface area contributed by atoms with Gasteiger partial charge in [-0.3, -0.25) is 4.79 Å². The first-order chi connectivity index (χ1) is 11.2. The van der Waals surface area contributed by atoms with Gasteiger partial charge in [0.1, 0.15) is 17.3 Å². The van der Waals surface area contributed by atoms with Crippen molar-refractivity contribution in [2.45, 2.75) is 18.5 Å². The van der Waals surface area contributed by atoms with Gasteiger partial charge in [-0.15, -0.1) is 0 Å². The molecule has 2 heterocycles. The smallest absolute Gasteiger partial charge is 0.397 e. The van der Waals surface area contributed by atoms with Crippen LogP contribution in [0.25, 0.3) is 5.69 Å². The minimum Gasteiger partial charge on any atom is -0.478 e. The number of nitrogens with one attached hydrogen (secondary N) is 1. The van der Waals surface area contributed by atoms with Crippen LogP contribution < -0.4 is 5.32 Å². The summed E-state index contributed by atoms with van der Waals surface area (Å²) in [7, 11) is 0. The molecule has 1 unspecified atom stereocenters. The van der Waals surface area contributed by atoms with Crippen LogP contribution in [0.4, 0.5) is 23.2 Å². The number of amides is 1. The number of alkyl halides is 3. The summed E-state index contributed by atoms with van der Waals surface area (Å²) in [5.41, 5.74) is -1.07. The van der Waals surface area contributed by atoms with Crippen LogP contribution in [0, 0.1) is 5.82 Å². The van der Waals surface area contributed by atoms with E-state index in [1.54, 1.807) is 0 Å². The Labute approximate surface area is 132 Å². The van der Waals surface area contributed by atoms with Crippen molar-refractivity contribution in [2.24, 2.45) is 0 Å². The quantitative estimate of drug-likeness (QED) is 0.823. The molecule has 0 bridgehead atoms. The molecule has 2 N–H and O–H groups in total. The molecule has 9 heteroatoms. The number of benzene rings is 1. The van der Waals surface area contributed by atoms with E-state index >= 15 is 0 Å². The van der Waals surface area contributed by atoms with E-state index in [2.05, 4.69) is 5.32 Å². The zero-order valence-corrected chi connectivity index (χ0v) is 11.9. The molecule has 24 heavy (non-hydrogen) atoms. The molecular weight excluding hydrogens is 332 g/mol. The van der Waals surface area contributed by atoms with Gasteiger partial charge in [-0.05, 0) is 24.3 Å². The largest absolute Gasteiger partial charge is 0.478 e. The van der Waals surface area contributed by atoms with Crippen molar-refractivity contribution in [2.75, 3.05) is 5.32 Å². The molecule has 3 rings (SSSR count). The van der Waals surface area contributed by atoms with E-state index < -0.39 is 41.8 Å². The maximum absolute atomic E-state index is 13.4. The van der Waals surface area contributed by atoms with E-state index in [0.717, 1.165) is 22.9 Å². The second-order valence-corrected chi connectivity index (χ2v) is 5.30. The van der Waals surface area contributed by atoms with Crippen LogP contribution in [-0.2, 0) is 4.79 Å². The fourth-order valence-electron chi connectivity index (χ4n) is 2.72. The Kier molecular flexibility index (Phi) is 3.58. The zero-order chi connectivity index (χ0) is 17.6. The highest BCUT2D eigenvalue weighted by Crippen LogP contribution is 2.46. The number of carbonyl (C=O) groups is 2.